The molecule has 19 heavy (non-hydrogen) atoms. The van der Waals surface area contributed by atoms with Gasteiger partial charge in [0.05, 0.1) is 11.7 Å². The summed E-state index contributed by atoms with van der Waals surface area (Å²) in [5, 5.41) is 9.16. The van der Waals surface area contributed by atoms with Crippen LogP contribution in [-0.2, 0) is 4.79 Å². The fraction of sp³-hybridized carbons (Fsp3) is 0.714. The highest BCUT2D eigenvalue weighted by molar-refractivity contribution is 7.13. The van der Waals surface area contributed by atoms with Gasteiger partial charge in [0.1, 0.15) is 0 Å². The number of rotatable bonds is 2. The maximum atomic E-state index is 12.2. The lowest BCUT2D eigenvalue weighted by Gasteiger charge is -2.39. The number of carbonyl (C=O) groups excluding carboxylic acids is 1. The third kappa shape index (κ3) is 2.98. The molecule has 5 heteroatoms. The van der Waals surface area contributed by atoms with Crippen LogP contribution in [0.4, 0.5) is 5.13 Å². The van der Waals surface area contributed by atoms with Crippen molar-refractivity contribution in [2.45, 2.75) is 57.5 Å². The summed E-state index contributed by atoms with van der Waals surface area (Å²) >= 11 is 1.49. The maximum absolute atomic E-state index is 12.2. The summed E-state index contributed by atoms with van der Waals surface area (Å²) in [6.45, 7) is 1.94. The van der Waals surface area contributed by atoms with E-state index in [9.17, 15) is 4.79 Å². The number of aryl methyl sites for hydroxylation is 1. The third-order valence-electron chi connectivity index (χ3n) is 4.32. The molecule has 0 spiro atoms. The van der Waals surface area contributed by atoms with E-state index in [0.29, 0.717) is 6.04 Å². The van der Waals surface area contributed by atoms with Crippen molar-refractivity contribution in [1.29, 1.82) is 0 Å². The Labute approximate surface area is 118 Å². The van der Waals surface area contributed by atoms with Crippen molar-refractivity contribution in [1.82, 2.24) is 10.3 Å². The summed E-state index contributed by atoms with van der Waals surface area (Å²) < 4.78 is 0. The van der Waals surface area contributed by atoms with Gasteiger partial charge in [-0.15, -0.1) is 11.3 Å². The summed E-state index contributed by atoms with van der Waals surface area (Å²) in [6, 6.07) is 0.514. The van der Waals surface area contributed by atoms with Crippen LogP contribution in [0, 0.1) is 12.8 Å². The second-order valence-corrected chi connectivity index (χ2v) is 6.59. The highest BCUT2D eigenvalue weighted by Crippen LogP contribution is 2.32. The summed E-state index contributed by atoms with van der Waals surface area (Å²) in [5.74, 6) is 0.873. The van der Waals surface area contributed by atoms with Gasteiger partial charge < -0.3 is 10.6 Å². The molecule has 1 aromatic rings. The number of thiazole rings is 1. The van der Waals surface area contributed by atoms with Crippen molar-refractivity contribution in [2.24, 2.45) is 5.92 Å². The predicted molar refractivity (Wildman–Crippen MR) is 77.4 cm³/mol. The smallest absolute Gasteiger partial charge is 0.243 e. The van der Waals surface area contributed by atoms with E-state index in [2.05, 4.69) is 15.6 Å². The average Bonchev–Trinajstić information content (AvgIpc) is 2.83. The first-order chi connectivity index (χ1) is 9.22. The Bertz CT molecular complexity index is 459. The Hall–Kier alpha value is -0.940. The summed E-state index contributed by atoms with van der Waals surface area (Å²) in [6.07, 6.45) is 7.36. The number of hydrogen-bond donors (Lipinski definition) is 2. The minimum Gasteiger partial charge on any atom is -0.303 e. The van der Waals surface area contributed by atoms with E-state index < -0.39 is 0 Å². The van der Waals surface area contributed by atoms with Gasteiger partial charge in [0.2, 0.25) is 5.91 Å². The lowest BCUT2D eigenvalue weighted by atomic mass is 9.77. The number of piperidine rings is 1. The number of anilines is 1. The summed E-state index contributed by atoms with van der Waals surface area (Å²) in [5.41, 5.74) is 0.962. The summed E-state index contributed by atoms with van der Waals surface area (Å²) in [4.78, 5) is 16.5. The van der Waals surface area contributed by atoms with Crippen molar-refractivity contribution in [2.75, 3.05) is 5.32 Å². The number of hydrogen-bond acceptors (Lipinski definition) is 4. The van der Waals surface area contributed by atoms with Crippen molar-refractivity contribution < 1.29 is 4.79 Å². The standard InChI is InChI=1S/C14H21N3OS/c1-9-8-19-14(15-9)17-13(18)12-7-6-10-4-2-3-5-11(10)16-12/h8,10-12,16H,2-7H2,1H3,(H,15,17,18). The molecular weight excluding hydrogens is 258 g/mol. The monoisotopic (exact) mass is 279 g/mol. The fourth-order valence-corrected chi connectivity index (χ4v) is 4.00. The van der Waals surface area contributed by atoms with Crippen molar-refractivity contribution in [3.8, 4) is 0 Å². The SMILES string of the molecule is Cc1csc(NC(=O)C2CCC3CCCCC3N2)n1. The van der Waals surface area contributed by atoms with E-state index in [4.69, 9.17) is 0 Å². The van der Waals surface area contributed by atoms with Gasteiger partial charge in [-0.25, -0.2) is 4.98 Å². The molecular formula is C14H21N3OS. The highest BCUT2D eigenvalue weighted by Gasteiger charge is 2.34. The lowest BCUT2D eigenvalue weighted by Crippen LogP contribution is -2.53. The Morgan fingerprint density at radius 2 is 2.21 bits per heavy atom. The molecule has 0 aromatic carbocycles. The molecule has 2 N–H and O–H groups in total. The maximum Gasteiger partial charge on any atom is 0.243 e. The second kappa shape index (κ2) is 5.59. The molecule has 3 rings (SSSR count). The van der Waals surface area contributed by atoms with Gasteiger partial charge in [-0.2, -0.15) is 0 Å². The van der Waals surface area contributed by atoms with Crippen molar-refractivity contribution in [3.05, 3.63) is 11.1 Å². The minimum atomic E-state index is -0.0384. The molecule has 0 radical (unpaired) electrons. The molecule has 1 amide bonds. The van der Waals surface area contributed by atoms with E-state index in [1.807, 2.05) is 12.3 Å². The third-order valence-corrected chi connectivity index (χ3v) is 5.19. The van der Waals surface area contributed by atoms with Gasteiger partial charge in [-0.1, -0.05) is 12.8 Å². The van der Waals surface area contributed by atoms with Crippen molar-refractivity contribution >= 4 is 22.4 Å². The first-order valence-electron chi connectivity index (χ1n) is 7.21. The molecule has 4 nitrogen and oxygen atoms in total. The molecule has 1 aliphatic carbocycles. The quantitative estimate of drug-likeness (QED) is 0.875. The van der Waals surface area contributed by atoms with E-state index in [0.717, 1.165) is 23.2 Å². The molecule has 2 aliphatic rings. The van der Waals surface area contributed by atoms with Crippen LogP contribution in [0.2, 0.25) is 0 Å². The van der Waals surface area contributed by atoms with Gasteiger partial charge in [0.15, 0.2) is 5.13 Å². The largest absolute Gasteiger partial charge is 0.303 e. The fourth-order valence-electron chi connectivity index (χ4n) is 3.31. The Balaban J connectivity index is 1.58. The van der Waals surface area contributed by atoms with Gasteiger partial charge in [0.25, 0.3) is 0 Å². The van der Waals surface area contributed by atoms with Gasteiger partial charge in [-0.3, -0.25) is 4.79 Å². The number of carbonyl (C=O) groups is 1. The minimum absolute atomic E-state index is 0.0384. The highest BCUT2D eigenvalue weighted by atomic mass is 32.1. The molecule has 2 heterocycles. The normalized spacial score (nSPS) is 30.7. The number of amides is 1. The molecule has 1 aromatic heterocycles. The van der Waals surface area contributed by atoms with Crippen LogP contribution in [0.1, 0.15) is 44.2 Å². The Morgan fingerprint density at radius 3 is 3.00 bits per heavy atom. The van der Waals surface area contributed by atoms with E-state index in [1.165, 1.54) is 43.4 Å². The van der Waals surface area contributed by atoms with Crippen LogP contribution >= 0.6 is 11.3 Å². The molecule has 0 bridgehead atoms. The molecule has 1 saturated heterocycles. The molecule has 1 aliphatic heterocycles. The molecule has 3 atom stereocenters. The lowest BCUT2D eigenvalue weighted by molar-refractivity contribution is -0.119. The van der Waals surface area contributed by atoms with Gasteiger partial charge in [-0.05, 0) is 38.5 Å². The van der Waals surface area contributed by atoms with Crippen molar-refractivity contribution in [3.63, 3.8) is 0 Å². The van der Waals surface area contributed by atoms with Crippen LogP contribution < -0.4 is 10.6 Å². The van der Waals surface area contributed by atoms with E-state index >= 15 is 0 Å². The van der Waals surface area contributed by atoms with E-state index in [-0.39, 0.29) is 11.9 Å². The van der Waals surface area contributed by atoms with Crippen LogP contribution in [0.5, 0.6) is 0 Å². The molecule has 1 saturated carbocycles. The zero-order valence-electron chi connectivity index (χ0n) is 11.3. The van der Waals surface area contributed by atoms with E-state index in [1.54, 1.807) is 0 Å². The number of nitrogens with one attached hydrogen (secondary N) is 2. The molecule has 2 fully saturated rings. The first-order valence-corrected chi connectivity index (χ1v) is 8.09. The Kier molecular flexibility index (Phi) is 3.84. The number of aromatic nitrogens is 1. The van der Waals surface area contributed by atoms with Crippen LogP contribution in [0.25, 0.3) is 0 Å². The van der Waals surface area contributed by atoms with Crippen LogP contribution in [-0.4, -0.2) is 23.0 Å². The summed E-state index contributed by atoms with van der Waals surface area (Å²) in [7, 11) is 0. The zero-order chi connectivity index (χ0) is 13.2. The first kappa shape index (κ1) is 13.1. The number of nitrogens with zero attached hydrogens (tertiary/aromatic N) is 1. The Morgan fingerprint density at radius 1 is 1.37 bits per heavy atom. The second-order valence-electron chi connectivity index (χ2n) is 5.73. The predicted octanol–water partition coefficient (Wildman–Crippen LogP) is 2.70. The zero-order valence-corrected chi connectivity index (χ0v) is 12.1. The van der Waals surface area contributed by atoms with Gasteiger partial charge in [0, 0.05) is 11.4 Å². The molecule has 3 unspecified atom stereocenters. The van der Waals surface area contributed by atoms with Crippen LogP contribution in [0.15, 0.2) is 5.38 Å². The molecule has 104 valence electrons. The topological polar surface area (TPSA) is 54.0 Å². The average molecular weight is 279 g/mol. The van der Waals surface area contributed by atoms with Gasteiger partial charge >= 0.3 is 0 Å². The van der Waals surface area contributed by atoms with Crippen LogP contribution in [0.3, 0.4) is 0 Å². The number of fused-ring (bicyclic) bond motifs is 1.